The van der Waals surface area contributed by atoms with E-state index in [-0.39, 0.29) is 18.0 Å². The number of rotatable bonds is 2. The van der Waals surface area contributed by atoms with Gasteiger partial charge in [0.15, 0.2) is 0 Å². The van der Waals surface area contributed by atoms with Crippen LogP contribution < -0.4 is 5.59 Å². The van der Waals surface area contributed by atoms with Gasteiger partial charge < -0.3 is 14.2 Å². The first-order valence-electron chi connectivity index (χ1n) is 8.81. The molecule has 5 nitrogen and oxygen atoms in total. The van der Waals surface area contributed by atoms with E-state index in [0.717, 1.165) is 18.4 Å². The lowest BCUT2D eigenvalue weighted by molar-refractivity contribution is 0.0189. The van der Waals surface area contributed by atoms with Crippen LogP contribution in [0.15, 0.2) is 30.6 Å². The van der Waals surface area contributed by atoms with E-state index in [1.807, 2.05) is 25.3 Å². The summed E-state index contributed by atoms with van der Waals surface area (Å²) >= 11 is 0. The predicted molar refractivity (Wildman–Crippen MR) is 99.1 cm³/mol. The van der Waals surface area contributed by atoms with E-state index in [9.17, 15) is 9.18 Å². The molecule has 1 amide bonds. The lowest BCUT2D eigenvalue weighted by atomic mass is 9.95. The quantitative estimate of drug-likeness (QED) is 0.778. The zero-order valence-corrected chi connectivity index (χ0v) is 15.4. The minimum Gasteiger partial charge on any atom is -0.444 e. The zero-order valence-electron chi connectivity index (χ0n) is 15.4. The molecule has 1 saturated heterocycles. The van der Waals surface area contributed by atoms with Gasteiger partial charge in [-0.15, -0.1) is 0 Å². The Balaban J connectivity index is 1.67. The number of hydrogen-bond acceptors (Lipinski definition) is 3. The number of likely N-dealkylation sites (tertiary alicyclic amines) is 1. The molecule has 1 fully saturated rings. The number of halogens is 1. The first-order chi connectivity index (χ1) is 12.2. The summed E-state index contributed by atoms with van der Waals surface area (Å²) in [6, 6.07) is 6.31. The van der Waals surface area contributed by atoms with Gasteiger partial charge in [0.1, 0.15) is 19.3 Å². The molecule has 0 spiro atoms. The van der Waals surface area contributed by atoms with Crippen LogP contribution >= 0.6 is 0 Å². The van der Waals surface area contributed by atoms with Crippen molar-refractivity contribution in [3.05, 3.63) is 36.4 Å². The average Bonchev–Trinajstić information content (AvgIpc) is 2.96. The van der Waals surface area contributed by atoms with E-state index in [4.69, 9.17) is 12.6 Å². The third-order valence-electron chi connectivity index (χ3n) is 4.46. The summed E-state index contributed by atoms with van der Waals surface area (Å²) in [5.74, 6) is -0.290. The van der Waals surface area contributed by atoms with Gasteiger partial charge in [0.2, 0.25) is 0 Å². The SMILES string of the molecule is [B]c1c(-c2ccc(F)cc2)ncn1C1CCN(C(=O)OC(C)(C)C)CC1. The lowest BCUT2D eigenvalue weighted by Gasteiger charge is -2.34. The Morgan fingerprint density at radius 2 is 1.85 bits per heavy atom. The summed E-state index contributed by atoms with van der Waals surface area (Å²) in [5, 5.41) is 0. The third kappa shape index (κ3) is 4.08. The van der Waals surface area contributed by atoms with Gasteiger partial charge in [-0.25, -0.2) is 14.2 Å². The van der Waals surface area contributed by atoms with Gasteiger partial charge in [-0.2, -0.15) is 0 Å². The minimum atomic E-state index is -0.493. The molecular weight excluding hydrogens is 332 g/mol. The maximum absolute atomic E-state index is 13.1. The van der Waals surface area contributed by atoms with Gasteiger partial charge >= 0.3 is 6.09 Å². The highest BCUT2D eigenvalue weighted by Crippen LogP contribution is 2.25. The van der Waals surface area contributed by atoms with Crippen molar-refractivity contribution in [1.82, 2.24) is 14.5 Å². The van der Waals surface area contributed by atoms with Gasteiger partial charge in [-0.1, -0.05) is 0 Å². The molecule has 0 atom stereocenters. The smallest absolute Gasteiger partial charge is 0.410 e. The minimum absolute atomic E-state index is 0.176. The topological polar surface area (TPSA) is 47.4 Å². The fourth-order valence-electron chi connectivity index (χ4n) is 3.14. The Kier molecular flexibility index (Phi) is 5.07. The number of nitrogens with zero attached hydrogens (tertiary/aromatic N) is 3. The molecule has 2 heterocycles. The van der Waals surface area contributed by atoms with Crippen LogP contribution in [0.5, 0.6) is 0 Å². The number of aromatic nitrogens is 2. The summed E-state index contributed by atoms with van der Waals surface area (Å²) in [7, 11) is 6.28. The molecule has 1 aliphatic heterocycles. The number of benzene rings is 1. The van der Waals surface area contributed by atoms with Crippen LogP contribution in [0.25, 0.3) is 11.3 Å². The Morgan fingerprint density at radius 1 is 1.23 bits per heavy atom. The summed E-state index contributed by atoms with van der Waals surface area (Å²) in [6.07, 6.45) is 3.01. The molecule has 2 radical (unpaired) electrons. The Bertz CT molecular complexity index is 775. The van der Waals surface area contributed by atoms with Crippen molar-refractivity contribution in [2.45, 2.75) is 45.3 Å². The highest BCUT2D eigenvalue weighted by atomic mass is 19.1. The van der Waals surface area contributed by atoms with E-state index >= 15 is 0 Å². The van der Waals surface area contributed by atoms with E-state index in [1.54, 1.807) is 23.4 Å². The van der Waals surface area contributed by atoms with Gasteiger partial charge in [0.05, 0.1) is 12.0 Å². The van der Waals surface area contributed by atoms with Crippen LogP contribution in [0.4, 0.5) is 9.18 Å². The molecule has 0 aliphatic carbocycles. The molecule has 3 rings (SSSR count). The molecule has 0 N–H and O–H groups in total. The highest BCUT2D eigenvalue weighted by molar-refractivity contribution is 6.34. The Labute approximate surface area is 154 Å². The fourth-order valence-corrected chi connectivity index (χ4v) is 3.14. The van der Waals surface area contributed by atoms with E-state index in [1.165, 1.54) is 12.1 Å². The van der Waals surface area contributed by atoms with Gasteiger partial charge in [-0.3, -0.25) is 0 Å². The molecule has 1 aromatic heterocycles. The molecule has 0 bridgehead atoms. The Morgan fingerprint density at radius 3 is 2.42 bits per heavy atom. The van der Waals surface area contributed by atoms with Crippen LogP contribution in [0.1, 0.15) is 39.7 Å². The average molecular weight is 355 g/mol. The van der Waals surface area contributed by atoms with Crippen molar-refractivity contribution in [3.8, 4) is 11.3 Å². The molecule has 0 unspecified atom stereocenters. The first kappa shape index (κ1) is 18.5. The maximum atomic E-state index is 13.1. The molecule has 26 heavy (non-hydrogen) atoms. The van der Waals surface area contributed by atoms with Crippen molar-refractivity contribution < 1.29 is 13.9 Å². The van der Waals surface area contributed by atoms with Crippen molar-refractivity contribution in [1.29, 1.82) is 0 Å². The largest absolute Gasteiger partial charge is 0.444 e. The number of piperidine rings is 1. The monoisotopic (exact) mass is 355 g/mol. The fraction of sp³-hybridized carbons (Fsp3) is 0.474. The van der Waals surface area contributed by atoms with Crippen molar-refractivity contribution in [2.75, 3.05) is 13.1 Å². The van der Waals surface area contributed by atoms with Crippen molar-refractivity contribution in [3.63, 3.8) is 0 Å². The molecule has 2 aromatic rings. The highest BCUT2D eigenvalue weighted by Gasteiger charge is 2.28. The van der Waals surface area contributed by atoms with Crippen molar-refractivity contribution in [2.24, 2.45) is 0 Å². The van der Waals surface area contributed by atoms with Gasteiger partial charge in [0, 0.05) is 24.7 Å². The van der Waals surface area contributed by atoms with Crippen LogP contribution in [-0.4, -0.2) is 47.1 Å². The molecule has 1 aliphatic rings. The molecule has 1 aromatic carbocycles. The van der Waals surface area contributed by atoms with E-state index in [2.05, 4.69) is 4.98 Å². The second kappa shape index (κ2) is 7.13. The lowest BCUT2D eigenvalue weighted by Crippen LogP contribution is -2.42. The standard InChI is InChI=1S/C19H23BFN3O2/c1-19(2,3)26-18(25)23-10-8-15(9-11-23)24-12-22-16(17(24)20)13-4-6-14(21)7-5-13/h4-7,12,15H,8-11H2,1-3H3. The number of imidazole rings is 1. The van der Waals surface area contributed by atoms with Crippen molar-refractivity contribution >= 4 is 19.5 Å². The summed E-state index contributed by atoms with van der Waals surface area (Å²) in [6.45, 7) is 6.81. The second-order valence-electron chi connectivity index (χ2n) is 7.59. The Hall–Kier alpha value is -2.31. The molecular formula is C19H23BFN3O2. The number of amides is 1. The summed E-state index contributed by atoms with van der Waals surface area (Å²) in [5.41, 5.74) is 1.51. The van der Waals surface area contributed by atoms with Crippen LogP contribution in [0.2, 0.25) is 0 Å². The first-order valence-corrected chi connectivity index (χ1v) is 8.81. The van der Waals surface area contributed by atoms with Crippen LogP contribution in [0, 0.1) is 5.82 Å². The van der Waals surface area contributed by atoms with Gasteiger partial charge in [0.25, 0.3) is 0 Å². The number of ether oxygens (including phenoxy) is 1. The van der Waals surface area contributed by atoms with Crippen LogP contribution in [0.3, 0.4) is 0 Å². The second-order valence-corrected chi connectivity index (χ2v) is 7.59. The summed E-state index contributed by atoms with van der Waals surface area (Å²) < 4.78 is 20.5. The van der Waals surface area contributed by atoms with Crippen LogP contribution in [-0.2, 0) is 4.74 Å². The number of hydrogen-bond donors (Lipinski definition) is 0. The zero-order chi connectivity index (χ0) is 18.9. The van der Waals surface area contributed by atoms with E-state index < -0.39 is 5.60 Å². The van der Waals surface area contributed by atoms with Gasteiger partial charge in [-0.05, 0) is 63.5 Å². The summed E-state index contributed by atoms with van der Waals surface area (Å²) in [4.78, 5) is 18.3. The molecule has 0 saturated carbocycles. The molecule has 7 heteroatoms. The number of carbonyl (C=O) groups excluding carboxylic acids is 1. The normalized spacial score (nSPS) is 15.9. The maximum Gasteiger partial charge on any atom is 0.410 e. The predicted octanol–water partition coefficient (Wildman–Crippen LogP) is 3.06. The molecule has 136 valence electrons. The van der Waals surface area contributed by atoms with E-state index in [0.29, 0.717) is 24.4 Å². The third-order valence-corrected chi connectivity index (χ3v) is 4.46. The number of carbonyl (C=O) groups is 1.